The SMILES string of the molecule is CN(CCC(C)(C)C)C(=O)CCCCCC(C)(C)C. The molecule has 0 heterocycles. The van der Waals surface area contributed by atoms with Crippen LogP contribution in [0.15, 0.2) is 0 Å². The van der Waals surface area contributed by atoms with Gasteiger partial charge in [0.05, 0.1) is 0 Å². The number of amides is 1. The molecule has 2 nitrogen and oxygen atoms in total. The van der Waals surface area contributed by atoms with Crippen molar-refractivity contribution < 1.29 is 4.79 Å². The normalized spacial score (nSPS) is 12.6. The summed E-state index contributed by atoms with van der Waals surface area (Å²) >= 11 is 0. The van der Waals surface area contributed by atoms with E-state index in [1.54, 1.807) is 0 Å². The lowest BCUT2D eigenvalue weighted by molar-refractivity contribution is -0.130. The van der Waals surface area contributed by atoms with Crippen molar-refractivity contribution in [2.24, 2.45) is 10.8 Å². The molecule has 0 aromatic carbocycles. The van der Waals surface area contributed by atoms with Crippen LogP contribution in [0.5, 0.6) is 0 Å². The molecule has 0 aromatic heterocycles. The highest BCUT2D eigenvalue weighted by Gasteiger charge is 2.14. The lowest BCUT2D eigenvalue weighted by atomic mass is 9.89. The van der Waals surface area contributed by atoms with Gasteiger partial charge < -0.3 is 4.90 Å². The highest BCUT2D eigenvalue weighted by atomic mass is 16.2. The van der Waals surface area contributed by atoms with E-state index in [0.717, 1.165) is 19.4 Å². The minimum Gasteiger partial charge on any atom is -0.346 e. The van der Waals surface area contributed by atoms with Gasteiger partial charge in [-0.2, -0.15) is 0 Å². The Morgan fingerprint density at radius 3 is 1.84 bits per heavy atom. The van der Waals surface area contributed by atoms with Crippen LogP contribution in [0, 0.1) is 10.8 Å². The molecule has 0 atom stereocenters. The van der Waals surface area contributed by atoms with Gasteiger partial charge in [-0.1, -0.05) is 54.4 Å². The molecular weight excluding hydrogens is 234 g/mol. The van der Waals surface area contributed by atoms with Crippen LogP contribution in [0.4, 0.5) is 0 Å². The van der Waals surface area contributed by atoms with Gasteiger partial charge in [-0.25, -0.2) is 0 Å². The zero-order chi connectivity index (χ0) is 15.1. The van der Waals surface area contributed by atoms with Gasteiger partial charge >= 0.3 is 0 Å². The summed E-state index contributed by atoms with van der Waals surface area (Å²) in [5.74, 6) is 0.306. The first-order valence-electron chi connectivity index (χ1n) is 7.75. The van der Waals surface area contributed by atoms with Crippen molar-refractivity contribution in [3.8, 4) is 0 Å². The Kier molecular flexibility index (Phi) is 7.69. The minimum absolute atomic E-state index is 0.306. The Morgan fingerprint density at radius 1 is 0.842 bits per heavy atom. The van der Waals surface area contributed by atoms with Crippen molar-refractivity contribution >= 4 is 5.91 Å². The number of rotatable bonds is 7. The maximum absolute atomic E-state index is 11.9. The fraction of sp³-hybridized carbons (Fsp3) is 0.941. The zero-order valence-electron chi connectivity index (χ0n) is 14.3. The third-order valence-corrected chi connectivity index (χ3v) is 3.44. The maximum atomic E-state index is 11.9. The smallest absolute Gasteiger partial charge is 0.222 e. The molecule has 0 aliphatic rings. The van der Waals surface area contributed by atoms with Crippen molar-refractivity contribution in [2.75, 3.05) is 13.6 Å². The monoisotopic (exact) mass is 269 g/mol. The van der Waals surface area contributed by atoms with Gasteiger partial charge in [0.15, 0.2) is 0 Å². The quantitative estimate of drug-likeness (QED) is 0.603. The van der Waals surface area contributed by atoms with Crippen LogP contribution < -0.4 is 0 Å². The van der Waals surface area contributed by atoms with Crippen molar-refractivity contribution in [1.29, 1.82) is 0 Å². The van der Waals surface area contributed by atoms with Gasteiger partial charge in [0, 0.05) is 20.0 Å². The topological polar surface area (TPSA) is 20.3 Å². The molecule has 1 amide bonds. The number of hydrogen-bond acceptors (Lipinski definition) is 1. The van der Waals surface area contributed by atoms with E-state index in [-0.39, 0.29) is 0 Å². The van der Waals surface area contributed by atoms with Crippen molar-refractivity contribution in [1.82, 2.24) is 4.90 Å². The Hall–Kier alpha value is -0.530. The number of nitrogens with zero attached hydrogens (tertiary/aromatic N) is 1. The summed E-state index contributed by atoms with van der Waals surface area (Å²) in [6.07, 6.45) is 6.48. The highest BCUT2D eigenvalue weighted by Crippen LogP contribution is 2.22. The van der Waals surface area contributed by atoms with Crippen molar-refractivity contribution in [2.45, 2.75) is 80.1 Å². The number of carbonyl (C=O) groups is 1. The highest BCUT2D eigenvalue weighted by molar-refractivity contribution is 5.75. The van der Waals surface area contributed by atoms with E-state index in [1.807, 2.05) is 11.9 Å². The van der Waals surface area contributed by atoms with Crippen LogP contribution >= 0.6 is 0 Å². The van der Waals surface area contributed by atoms with Crippen LogP contribution in [-0.2, 0) is 4.79 Å². The van der Waals surface area contributed by atoms with E-state index < -0.39 is 0 Å². The number of hydrogen-bond donors (Lipinski definition) is 0. The molecule has 0 bridgehead atoms. The van der Waals surface area contributed by atoms with E-state index in [4.69, 9.17) is 0 Å². The molecular formula is C17H35NO. The van der Waals surface area contributed by atoms with Gasteiger partial charge in [-0.05, 0) is 30.1 Å². The molecule has 0 aliphatic heterocycles. The standard InChI is InChI=1S/C17H35NO/c1-16(2,3)12-10-8-9-11-15(19)18(7)14-13-17(4,5)6/h8-14H2,1-7H3. The Labute approximate surface area is 120 Å². The van der Waals surface area contributed by atoms with Gasteiger partial charge in [0.2, 0.25) is 5.91 Å². The Balaban J connectivity index is 3.69. The second kappa shape index (κ2) is 7.91. The predicted molar refractivity (Wildman–Crippen MR) is 84.2 cm³/mol. The molecule has 0 N–H and O–H groups in total. The predicted octanol–water partition coefficient (Wildman–Crippen LogP) is 4.88. The summed E-state index contributed by atoms with van der Waals surface area (Å²) < 4.78 is 0. The van der Waals surface area contributed by atoms with E-state index in [9.17, 15) is 4.79 Å². The zero-order valence-corrected chi connectivity index (χ0v) is 14.3. The molecule has 0 fully saturated rings. The molecule has 19 heavy (non-hydrogen) atoms. The van der Waals surface area contributed by atoms with Gasteiger partial charge in [-0.15, -0.1) is 0 Å². The second-order valence-corrected chi connectivity index (χ2v) is 8.25. The third-order valence-electron chi connectivity index (χ3n) is 3.44. The van der Waals surface area contributed by atoms with Crippen molar-refractivity contribution in [3.05, 3.63) is 0 Å². The first kappa shape index (κ1) is 18.5. The summed E-state index contributed by atoms with van der Waals surface area (Å²) in [5.41, 5.74) is 0.731. The lowest BCUT2D eigenvalue weighted by Crippen LogP contribution is -2.29. The number of unbranched alkanes of at least 4 members (excludes halogenated alkanes) is 2. The molecule has 114 valence electrons. The van der Waals surface area contributed by atoms with E-state index in [0.29, 0.717) is 23.2 Å². The molecule has 0 rings (SSSR count). The fourth-order valence-corrected chi connectivity index (χ4v) is 1.93. The molecule has 2 heteroatoms. The first-order chi connectivity index (χ1) is 8.51. The summed E-state index contributed by atoms with van der Waals surface area (Å²) in [6.45, 7) is 14.4. The van der Waals surface area contributed by atoms with Gasteiger partial charge in [0.1, 0.15) is 0 Å². The summed E-state index contributed by atoms with van der Waals surface area (Å²) in [6, 6.07) is 0. The van der Waals surface area contributed by atoms with Crippen molar-refractivity contribution in [3.63, 3.8) is 0 Å². The maximum Gasteiger partial charge on any atom is 0.222 e. The molecule has 0 saturated carbocycles. The average molecular weight is 269 g/mol. The Morgan fingerprint density at radius 2 is 1.37 bits per heavy atom. The van der Waals surface area contributed by atoms with Crippen LogP contribution in [-0.4, -0.2) is 24.4 Å². The van der Waals surface area contributed by atoms with Crippen LogP contribution in [0.2, 0.25) is 0 Å². The second-order valence-electron chi connectivity index (χ2n) is 8.25. The van der Waals surface area contributed by atoms with E-state index in [1.165, 1.54) is 19.3 Å². The first-order valence-corrected chi connectivity index (χ1v) is 7.75. The van der Waals surface area contributed by atoms with Gasteiger partial charge in [0.25, 0.3) is 0 Å². The molecule has 0 radical (unpaired) electrons. The molecule has 0 unspecified atom stereocenters. The van der Waals surface area contributed by atoms with Crippen LogP contribution in [0.3, 0.4) is 0 Å². The average Bonchev–Trinajstić information content (AvgIpc) is 2.22. The number of carbonyl (C=O) groups excluding carboxylic acids is 1. The Bertz CT molecular complexity index is 257. The van der Waals surface area contributed by atoms with Crippen LogP contribution in [0.1, 0.15) is 80.1 Å². The largest absolute Gasteiger partial charge is 0.346 e. The molecule has 0 saturated heterocycles. The van der Waals surface area contributed by atoms with Gasteiger partial charge in [-0.3, -0.25) is 4.79 Å². The molecule has 0 aromatic rings. The van der Waals surface area contributed by atoms with E-state index in [2.05, 4.69) is 41.5 Å². The lowest BCUT2D eigenvalue weighted by Gasteiger charge is -2.23. The van der Waals surface area contributed by atoms with E-state index >= 15 is 0 Å². The molecule has 0 spiro atoms. The minimum atomic E-state index is 0.306. The fourth-order valence-electron chi connectivity index (χ4n) is 1.93. The van der Waals surface area contributed by atoms with Crippen LogP contribution in [0.25, 0.3) is 0 Å². The molecule has 0 aliphatic carbocycles. The summed E-state index contributed by atoms with van der Waals surface area (Å²) in [5, 5.41) is 0. The summed E-state index contributed by atoms with van der Waals surface area (Å²) in [4.78, 5) is 13.8. The summed E-state index contributed by atoms with van der Waals surface area (Å²) in [7, 11) is 1.93. The third kappa shape index (κ3) is 12.3.